The summed E-state index contributed by atoms with van der Waals surface area (Å²) in [5.74, 6) is -0.293. The summed E-state index contributed by atoms with van der Waals surface area (Å²) in [6.45, 7) is 2.96. The van der Waals surface area contributed by atoms with Gasteiger partial charge in [0.05, 0.1) is 23.6 Å². The number of benzene rings is 1. The number of aryl methyl sites for hydroxylation is 1. The first-order chi connectivity index (χ1) is 15.9. The maximum Gasteiger partial charge on any atom is 0.267 e. The lowest BCUT2D eigenvalue weighted by atomic mass is 10.2. The predicted molar refractivity (Wildman–Crippen MR) is 132 cm³/mol. The molecule has 1 aliphatic heterocycles. The van der Waals surface area contributed by atoms with Crippen LogP contribution in [0.5, 0.6) is 0 Å². The molecule has 3 heterocycles. The Kier molecular flexibility index (Phi) is 6.87. The lowest BCUT2D eigenvalue weighted by molar-refractivity contribution is -0.122. The molecule has 0 atom stereocenters. The van der Waals surface area contributed by atoms with E-state index in [-0.39, 0.29) is 29.4 Å². The molecule has 3 aromatic rings. The summed E-state index contributed by atoms with van der Waals surface area (Å²) in [7, 11) is 1.59. The Morgan fingerprint density at radius 2 is 2.00 bits per heavy atom. The van der Waals surface area contributed by atoms with E-state index >= 15 is 0 Å². The summed E-state index contributed by atoms with van der Waals surface area (Å²) in [6, 6.07) is 9.54. The molecular formula is C23H21FN4O3S2. The highest BCUT2D eigenvalue weighted by atomic mass is 32.2. The zero-order valence-corrected chi connectivity index (χ0v) is 19.6. The van der Waals surface area contributed by atoms with Gasteiger partial charge in [-0.25, -0.2) is 9.37 Å². The highest BCUT2D eigenvalue weighted by molar-refractivity contribution is 8.26. The number of halogens is 1. The van der Waals surface area contributed by atoms with Gasteiger partial charge in [0.1, 0.15) is 21.6 Å². The number of fused-ring (bicyclic) bond motifs is 1. The number of rotatable bonds is 7. The largest absolute Gasteiger partial charge is 0.383 e. The predicted octanol–water partition coefficient (Wildman–Crippen LogP) is 3.60. The third-order valence-electron chi connectivity index (χ3n) is 5.09. The Hall–Kier alpha value is -3.08. The van der Waals surface area contributed by atoms with Crippen molar-refractivity contribution in [1.82, 2.24) is 14.3 Å². The van der Waals surface area contributed by atoms with E-state index in [0.29, 0.717) is 33.8 Å². The Labute approximate surface area is 199 Å². The Morgan fingerprint density at radius 1 is 1.24 bits per heavy atom. The number of thioether (sulfide) groups is 1. The molecule has 2 aromatic heterocycles. The summed E-state index contributed by atoms with van der Waals surface area (Å²) < 4.78 is 20.1. The van der Waals surface area contributed by atoms with Gasteiger partial charge in [-0.05, 0) is 42.3 Å². The second kappa shape index (κ2) is 9.82. The van der Waals surface area contributed by atoms with Crippen molar-refractivity contribution in [3.05, 3.63) is 80.4 Å². The van der Waals surface area contributed by atoms with Crippen LogP contribution in [0.15, 0.2) is 52.3 Å². The molecule has 1 aromatic carbocycles. The third kappa shape index (κ3) is 4.82. The van der Waals surface area contributed by atoms with Crippen LogP contribution in [0.2, 0.25) is 0 Å². The molecule has 0 radical (unpaired) electrons. The molecule has 1 N–H and O–H groups in total. The molecule has 1 amide bonds. The van der Waals surface area contributed by atoms with Crippen molar-refractivity contribution < 1.29 is 13.9 Å². The number of ether oxygens (including phenoxy) is 1. The smallest absolute Gasteiger partial charge is 0.267 e. The SMILES string of the molecule is COCCNc1nc2c(C)cccn2c(=O)c1C=C1SC(=S)N(Cc2ccc(F)cc2)C1=O. The fourth-order valence-electron chi connectivity index (χ4n) is 3.39. The summed E-state index contributed by atoms with van der Waals surface area (Å²) in [4.78, 5) is 32.8. The van der Waals surface area contributed by atoms with Gasteiger partial charge < -0.3 is 10.1 Å². The zero-order valence-electron chi connectivity index (χ0n) is 18.0. The zero-order chi connectivity index (χ0) is 23.5. The van der Waals surface area contributed by atoms with Crippen LogP contribution in [0.3, 0.4) is 0 Å². The first kappa shape index (κ1) is 23.1. The van der Waals surface area contributed by atoms with Crippen LogP contribution in [0, 0.1) is 12.7 Å². The minimum absolute atomic E-state index is 0.218. The van der Waals surface area contributed by atoms with E-state index in [4.69, 9.17) is 17.0 Å². The topological polar surface area (TPSA) is 75.9 Å². The number of hydrogen-bond acceptors (Lipinski definition) is 7. The van der Waals surface area contributed by atoms with Gasteiger partial charge in [0.25, 0.3) is 11.5 Å². The number of thiocarbonyl (C=S) groups is 1. The van der Waals surface area contributed by atoms with Crippen molar-refractivity contribution in [2.45, 2.75) is 13.5 Å². The first-order valence-corrected chi connectivity index (χ1v) is 11.4. The summed E-state index contributed by atoms with van der Waals surface area (Å²) in [5, 5.41) is 3.13. The molecule has 1 fully saturated rings. The van der Waals surface area contributed by atoms with Crippen LogP contribution in [-0.4, -0.2) is 44.8 Å². The molecule has 0 spiro atoms. The lowest BCUT2D eigenvalue weighted by Gasteiger charge is -2.14. The molecule has 33 heavy (non-hydrogen) atoms. The number of pyridine rings is 1. The van der Waals surface area contributed by atoms with Crippen LogP contribution in [0.25, 0.3) is 11.7 Å². The number of nitrogens with zero attached hydrogens (tertiary/aromatic N) is 3. The molecular weight excluding hydrogens is 463 g/mol. The van der Waals surface area contributed by atoms with Crippen molar-refractivity contribution in [2.75, 3.05) is 25.6 Å². The second-order valence-electron chi connectivity index (χ2n) is 7.38. The van der Waals surface area contributed by atoms with E-state index in [1.165, 1.54) is 27.5 Å². The molecule has 10 heteroatoms. The van der Waals surface area contributed by atoms with Gasteiger partial charge in [0.2, 0.25) is 0 Å². The molecule has 0 aliphatic carbocycles. The average Bonchev–Trinajstić information content (AvgIpc) is 3.06. The van der Waals surface area contributed by atoms with Gasteiger partial charge in [0, 0.05) is 19.9 Å². The third-order valence-corrected chi connectivity index (χ3v) is 6.46. The Bertz CT molecular complexity index is 1320. The highest BCUT2D eigenvalue weighted by Crippen LogP contribution is 2.34. The van der Waals surface area contributed by atoms with Crippen LogP contribution in [0.4, 0.5) is 10.2 Å². The molecule has 7 nitrogen and oxygen atoms in total. The average molecular weight is 485 g/mol. The van der Waals surface area contributed by atoms with E-state index in [2.05, 4.69) is 10.3 Å². The normalized spacial score (nSPS) is 15.1. The van der Waals surface area contributed by atoms with Crippen molar-refractivity contribution in [3.63, 3.8) is 0 Å². The Morgan fingerprint density at radius 3 is 2.73 bits per heavy atom. The van der Waals surface area contributed by atoms with Crippen LogP contribution in [-0.2, 0) is 16.1 Å². The summed E-state index contributed by atoms with van der Waals surface area (Å²) >= 11 is 6.52. The fourth-order valence-corrected chi connectivity index (χ4v) is 4.62. The van der Waals surface area contributed by atoms with E-state index in [1.54, 1.807) is 31.5 Å². The van der Waals surface area contributed by atoms with Crippen LogP contribution < -0.4 is 10.9 Å². The van der Waals surface area contributed by atoms with Gasteiger partial charge in [-0.1, -0.05) is 42.2 Å². The first-order valence-electron chi connectivity index (χ1n) is 10.1. The van der Waals surface area contributed by atoms with Crippen LogP contribution in [0.1, 0.15) is 16.7 Å². The number of nitrogens with one attached hydrogen (secondary N) is 1. The monoisotopic (exact) mass is 484 g/mol. The Balaban J connectivity index is 1.72. The minimum atomic E-state index is -0.350. The van der Waals surface area contributed by atoms with Crippen LogP contribution >= 0.6 is 24.0 Å². The number of carbonyl (C=O) groups is 1. The maximum atomic E-state index is 13.3. The van der Waals surface area contributed by atoms with E-state index in [1.807, 2.05) is 13.0 Å². The number of hydrogen-bond donors (Lipinski definition) is 1. The maximum absolute atomic E-state index is 13.3. The number of aromatic nitrogens is 2. The lowest BCUT2D eigenvalue weighted by Crippen LogP contribution is -2.27. The van der Waals surface area contributed by atoms with Crippen molar-refractivity contribution >= 4 is 51.7 Å². The van der Waals surface area contributed by atoms with Gasteiger partial charge in [-0.3, -0.25) is 18.9 Å². The van der Waals surface area contributed by atoms with E-state index < -0.39 is 0 Å². The van der Waals surface area contributed by atoms with E-state index in [0.717, 1.165) is 22.9 Å². The molecule has 0 unspecified atom stereocenters. The van der Waals surface area contributed by atoms with Gasteiger partial charge in [0.15, 0.2) is 0 Å². The summed E-state index contributed by atoms with van der Waals surface area (Å²) in [6.07, 6.45) is 3.18. The quantitative estimate of drug-likeness (QED) is 0.312. The minimum Gasteiger partial charge on any atom is -0.383 e. The number of anilines is 1. The molecule has 1 saturated heterocycles. The summed E-state index contributed by atoms with van der Waals surface area (Å²) in [5.41, 5.74) is 2.09. The molecule has 0 bridgehead atoms. The molecule has 4 rings (SSSR count). The second-order valence-corrected chi connectivity index (χ2v) is 9.05. The number of amides is 1. The number of carbonyl (C=O) groups excluding carboxylic acids is 1. The molecule has 1 aliphatic rings. The van der Waals surface area contributed by atoms with Gasteiger partial charge >= 0.3 is 0 Å². The van der Waals surface area contributed by atoms with Gasteiger partial charge in [-0.2, -0.15) is 0 Å². The van der Waals surface area contributed by atoms with E-state index in [9.17, 15) is 14.0 Å². The molecule has 170 valence electrons. The fraction of sp³-hybridized carbons (Fsp3) is 0.217. The van der Waals surface area contributed by atoms with Crippen molar-refractivity contribution in [1.29, 1.82) is 0 Å². The van der Waals surface area contributed by atoms with Crippen molar-refractivity contribution in [3.8, 4) is 0 Å². The molecule has 0 saturated carbocycles. The highest BCUT2D eigenvalue weighted by Gasteiger charge is 2.32. The van der Waals surface area contributed by atoms with Crippen molar-refractivity contribution in [2.24, 2.45) is 0 Å². The standard InChI is InChI=1S/C23H21FN4O3S2/c1-14-4-3-10-27-20(14)26-19(25-9-11-31-2)17(21(27)29)12-18-22(30)28(23(32)33-18)13-15-5-7-16(24)8-6-15/h3-8,10,12,25H,9,11,13H2,1-2H3. The number of methoxy groups -OCH3 is 1. The van der Waals surface area contributed by atoms with Gasteiger partial charge in [-0.15, -0.1) is 0 Å².